The molecule has 68 heavy (non-hydrogen) atoms. The topological polar surface area (TPSA) is 156 Å². The van der Waals surface area contributed by atoms with Crippen LogP contribution in [0.4, 0.5) is 20.7 Å². The number of aldehydes is 1. The van der Waals surface area contributed by atoms with Crippen molar-refractivity contribution in [3.05, 3.63) is 87.7 Å². The molecule has 0 radical (unpaired) electrons. The predicted octanol–water partition coefficient (Wildman–Crippen LogP) is 6.93. The molecule has 3 aliphatic heterocycles. The van der Waals surface area contributed by atoms with Crippen LogP contribution in [0.5, 0.6) is 0 Å². The van der Waals surface area contributed by atoms with E-state index in [2.05, 4.69) is 66.7 Å². The molecule has 3 aromatic heterocycles. The Kier molecular flexibility index (Phi) is 13.9. The summed E-state index contributed by atoms with van der Waals surface area (Å²) in [6.07, 6.45) is 13.4. The summed E-state index contributed by atoms with van der Waals surface area (Å²) in [4.78, 5) is 68.3. The van der Waals surface area contributed by atoms with Crippen LogP contribution in [0.2, 0.25) is 10.2 Å². The second-order valence-electron chi connectivity index (χ2n) is 20.2. The summed E-state index contributed by atoms with van der Waals surface area (Å²) in [5.41, 5.74) is 0.754. The summed E-state index contributed by atoms with van der Waals surface area (Å²) < 4.78 is 18.3. The van der Waals surface area contributed by atoms with Crippen LogP contribution in [0.15, 0.2) is 55.0 Å². The minimum Gasteiger partial charge on any atom is -0.388 e. The summed E-state index contributed by atoms with van der Waals surface area (Å²) in [6, 6.07) is 9.35. The van der Waals surface area contributed by atoms with Gasteiger partial charge >= 0.3 is 6.03 Å². The van der Waals surface area contributed by atoms with Crippen molar-refractivity contribution in [1.82, 2.24) is 40.1 Å². The minimum atomic E-state index is -1.36. The van der Waals surface area contributed by atoms with Gasteiger partial charge in [-0.15, -0.1) is 0 Å². The summed E-state index contributed by atoms with van der Waals surface area (Å²) >= 11 is 12.9. The fourth-order valence-corrected chi connectivity index (χ4v) is 12.2. The number of amides is 4. The number of benzene rings is 1. The average Bonchev–Trinajstić information content (AvgIpc) is 3.89. The third-order valence-corrected chi connectivity index (χ3v) is 16.2. The van der Waals surface area contributed by atoms with Crippen LogP contribution in [0.1, 0.15) is 101 Å². The van der Waals surface area contributed by atoms with Crippen molar-refractivity contribution in [1.29, 1.82) is 0 Å². The van der Waals surface area contributed by atoms with E-state index in [-0.39, 0.29) is 40.4 Å². The van der Waals surface area contributed by atoms with Crippen LogP contribution >= 0.6 is 23.2 Å². The molecule has 4 N–H and O–H groups in total. The highest BCUT2D eigenvalue weighted by molar-refractivity contribution is 6.31. The highest BCUT2D eigenvalue weighted by Crippen LogP contribution is 2.61. The molecule has 0 bridgehead atoms. The van der Waals surface area contributed by atoms with Crippen LogP contribution in [0, 0.1) is 29.0 Å². The molecule has 6 heterocycles. The number of nitrogens with zero attached hydrogens (tertiary/aromatic N) is 6. The van der Waals surface area contributed by atoms with Crippen molar-refractivity contribution in [3.63, 3.8) is 0 Å². The molecule has 4 aromatic rings. The molecule has 14 nitrogen and oxygen atoms in total. The molecule has 1 spiro atoms. The van der Waals surface area contributed by atoms with E-state index in [0.29, 0.717) is 53.0 Å². The number of carbonyl (C=O) groups is 4. The molecular weight excluding hydrogens is 907 g/mol. The Hall–Kier alpha value is -5.11. The van der Waals surface area contributed by atoms with E-state index in [1.54, 1.807) is 31.4 Å². The highest BCUT2D eigenvalue weighted by atomic mass is 35.5. The molecule has 5 fully saturated rings. The lowest BCUT2D eigenvalue weighted by Crippen LogP contribution is -2.60. The first-order chi connectivity index (χ1) is 32.7. The van der Waals surface area contributed by atoms with E-state index in [0.717, 1.165) is 96.1 Å². The lowest BCUT2D eigenvalue weighted by Gasteiger charge is -2.51. The number of aromatic nitrogens is 3. The molecule has 5 aliphatic rings. The molecule has 2 aliphatic carbocycles. The standard InChI is InChI=1S/C51H61Cl2FN10O4/c1-49(2)17-19-50(20-18-49)51(32-65,38-14-11-35(52)29-39(38)55-3)42(37-15-21-56-45(53)43(37)54)44(60-50)47(67)58-36-12-9-33(10-13-36)31-62-27-25-61(26-28-62)22-5-4-7-34-8-6-23-63-41(30-57-46(34)63)64-24-16-40(66)59-48(64)68/h6,8,11,14-15,21,23,29-30,32-33,36,42,44,55,60H,5,9-10,12-13,16-20,22,24-28,31H2,1-3H3,(H,58,67)(H,59,66,68)/t33?,36?,42-,44+,51+/m0/s1. The number of imide groups is 1. The van der Waals surface area contributed by atoms with Crippen molar-refractivity contribution in [3.8, 4) is 11.8 Å². The van der Waals surface area contributed by atoms with Gasteiger partial charge in [-0.2, -0.15) is 0 Å². The van der Waals surface area contributed by atoms with Crippen LogP contribution in [-0.2, 0) is 19.8 Å². The van der Waals surface area contributed by atoms with Gasteiger partial charge in [0.1, 0.15) is 12.1 Å². The number of rotatable bonds is 11. The Labute approximate surface area is 407 Å². The van der Waals surface area contributed by atoms with Gasteiger partial charge in [-0.3, -0.25) is 34.4 Å². The fourth-order valence-electron chi connectivity index (χ4n) is 11.8. The van der Waals surface area contributed by atoms with E-state index in [4.69, 9.17) is 23.2 Å². The second kappa shape index (κ2) is 19.7. The van der Waals surface area contributed by atoms with E-state index < -0.39 is 34.8 Å². The summed E-state index contributed by atoms with van der Waals surface area (Å²) in [7, 11) is 1.78. The minimum absolute atomic E-state index is 0.0316. The first kappa shape index (κ1) is 47.9. The third-order valence-electron chi connectivity index (χ3n) is 15.7. The van der Waals surface area contributed by atoms with Gasteiger partial charge in [0.2, 0.25) is 11.8 Å². The van der Waals surface area contributed by atoms with Crippen molar-refractivity contribution in [2.45, 2.75) is 107 Å². The van der Waals surface area contributed by atoms with Crippen molar-refractivity contribution in [2.75, 3.05) is 63.1 Å². The molecule has 2 saturated carbocycles. The summed E-state index contributed by atoms with van der Waals surface area (Å²) in [5.74, 6) is 5.56. The molecule has 1 aromatic carbocycles. The fraction of sp³-hybridized carbons (Fsp3) is 0.529. The molecule has 3 saturated heterocycles. The van der Waals surface area contributed by atoms with Gasteiger partial charge in [0, 0.05) is 106 Å². The number of carbonyl (C=O) groups excluding carboxylic acids is 4. The van der Waals surface area contributed by atoms with Gasteiger partial charge in [-0.25, -0.2) is 19.2 Å². The predicted molar refractivity (Wildman–Crippen MR) is 262 cm³/mol. The molecular formula is C51H61Cl2FN10O4. The zero-order chi connectivity index (χ0) is 47.8. The number of piperazine rings is 1. The number of fused-ring (bicyclic) bond motifs is 1. The number of urea groups is 1. The van der Waals surface area contributed by atoms with Gasteiger partial charge < -0.3 is 20.3 Å². The molecule has 3 atom stereocenters. The van der Waals surface area contributed by atoms with Gasteiger partial charge in [-0.1, -0.05) is 55.0 Å². The monoisotopic (exact) mass is 966 g/mol. The Morgan fingerprint density at radius 2 is 1.74 bits per heavy atom. The molecule has 17 heteroatoms. The second-order valence-corrected chi connectivity index (χ2v) is 21.0. The Morgan fingerprint density at radius 3 is 2.46 bits per heavy atom. The zero-order valence-electron chi connectivity index (χ0n) is 39.1. The molecule has 360 valence electrons. The number of anilines is 2. The number of hydrogen-bond donors (Lipinski definition) is 4. The third kappa shape index (κ3) is 9.22. The summed E-state index contributed by atoms with van der Waals surface area (Å²) in [6.45, 7) is 10.6. The van der Waals surface area contributed by atoms with E-state index in [1.165, 1.54) is 11.1 Å². The highest BCUT2D eigenvalue weighted by Gasteiger charge is 2.68. The van der Waals surface area contributed by atoms with Gasteiger partial charge in [0.05, 0.1) is 23.2 Å². The maximum atomic E-state index is 16.4. The number of halogens is 3. The lowest BCUT2D eigenvalue weighted by atomic mass is 9.53. The van der Waals surface area contributed by atoms with E-state index in [1.807, 2.05) is 28.8 Å². The number of hydrogen-bond acceptors (Lipinski definition) is 10. The largest absolute Gasteiger partial charge is 0.388 e. The van der Waals surface area contributed by atoms with Crippen LogP contribution in [0.3, 0.4) is 0 Å². The summed E-state index contributed by atoms with van der Waals surface area (Å²) in [5, 5.41) is 13.0. The first-order valence-electron chi connectivity index (χ1n) is 24.1. The average molecular weight is 968 g/mol. The SMILES string of the molecule is CNc1cc(Cl)ccc1[C@]1(C=O)[C@@H](c2ccnc(Cl)c2F)[C@H](C(=O)NC2CCC(CN3CCN(CCC#Cc4cccn5c(N6CCC(=O)NC6=O)cnc45)CC3)CC2)NC12CCC(C)(C)CC2. The quantitative estimate of drug-likeness (QED) is 0.0707. The maximum Gasteiger partial charge on any atom is 0.329 e. The lowest BCUT2D eigenvalue weighted by molar-refractivity contribution is -0.124. The zero-order valence-corrected chi connectivity index (χ0v) is 40.6. The van der Waals surface area contributed by atoms with Crippen LogP contribution in [-0.4, -0.2) is 119 Å². The maximum absolute atomic E-state index is 16.4. The van der Waals surface area contributed by atoms with Crippen LogP contribution in [0.25, 0.3) is 5.65 Å². The Morgan fingerprint density at radius 1 is 0.985 bits per heavy atom. The number of nitrogens with one attached hydrogen (secondary N) is 4. The van der Waals surface area contributed by atoms with Crippen molar-refractivity contribution in [2.24, 2.45) is 11.3 Å². The number of imidazole rings is 1. The Balaban J connectivity index is 0.812. The van der Waals surface area contributed by atoms with Gasteiger partial charge in [-0.05, 0) is 104 Å². The smallest absolute Gasteiger partial charge is 0.329 e. The van der Waals surface area contributed by atoms with Crippen molar-refractivity contribution < 1.29 is 23.6 Å². The van der Waals surface area contributed by atoms with E-state index in [9.17, 15) is 19.2 Å². The van der Waals surface area contributed by atoms with E-state index >= 15 is 4.39 Å². The van der Waals surface area contributed by atoms with Gasteiger partial charge in [0.15, 0.2) is 16.6 Å². The van der Waals surface area contributed by atoms with Crippen LogP contribution < -0.4 is 26.2 Å². The Bertz CT molecular complexity index is 2620. The normalized spacial score (nSPS) is 26.3. The molecule has 0 unspecified atom stereocenters. The molecule has 9 rings (SSSR count). The first-order valence-corrected chi connectivity index (χ1v) is 24.8. The molecule has 4 amide bonds. The van der Waals surface area contributed by atoms with Crippen molar-refractivity contribution >= 4 is 64.5 Å². The van der Waals surface area contributed by atoms with Gasteiger partial charge in [0.25, 0.3) is 0 Å². The number of pyridine rings is 2.